The van der Waals surface area contributed by atoms with E-state index in [0.717, 1.165) is 29.2 Å². The van der Waals surface area contributed by atoms with Crippen LogP contribution in [0.4, 0.5) is 13.2 Å². The van der Waals surface area contributed by atoms with Crippen LogP contribution < -0.4 is 5.32 Å². The standard InChI is InChI=1S/C18H24N6.C2HF3O2/c1-18(2,3)24-13-15(20-22-24)11-19-12-16-10-17(21-23(16)4)14-8-6-5-7-9-14;3-2(4,5)1(6)7/h5-10,13,19H,11-12H2,1-4H3;(H,6,7). The minimum absolute atomic E-state index is 0.0438. The van der Waals surface area contributed by atoms with Gasteiger partial charge in [-0.05, 0) is 26.8 Å². The number of rotatable bonds is 5. The van der Waals surface area contributed by atoms with E-state index >= 15 is 0 Å². The van der Waals surface area contributed by atoms with Gasteiger partial charge in [-0.15, -0.1) is 5.10 Å². The van der Waals surface area contributed by atoms with E-state index in [2.05, 4.69) is 59.7 Å². The molecule has 168 valence electrons. The molecule has 2 aromatic heterocycles. The zero-order valence-corrected chi connectivity index (χ0v) is 17.7. The van der Waals surface area contributed by atoms with Crippen molar-refractivity contribution in [1.29, 1.82) is 0 Å². The smallest absolute Gasteiger partial charge is 0.475 e. The first-order chi connectivity index (χ1) is 14.4. The van der Waals surface area contributed by atoms with Crippen molar-refractivity contribution in [2.75, 3.05) is 0 Å². The molecule has 0 amide bonds. The average Bonchev–Trinajstić information content (AvgIpc) is 3.29. The number of aliphatic carboxylic acids is 1. The number of nitrogens with zero attached hydrogens (tertiary/aromatic N) is 5. The predicted molar refractivity (Wildman–Crippen MR) is 108 cm³/mol. The highest BCUT2D eigenvalue weighted by Crippen LogP contribution is 2.18. The summed E-state index contributed by atoms with van der Waals surface area (Å²) in [6, 6.07) is 12.3. The van der Waals surface area contributed by atoms with E-state index in [9.17, 15) is 13.2 Å². The van der Waals surface area contributed by atoms with Gasteiger partial charge in [0.1, 0.15) is 0 Å². The molecule has 0 fully saturated rings. The molecule has 0 aliphatic rings. The van der Waals surface area contributed by atoms with Gasteiger partial charge in [-0.1, -0.05) is 35.5 Å². The van der Waals surface area contributed by atoms with E-state index < -0.39 is 12.1 Å². The number of hydrogen-bond donors (Lipinski definition) is 2. The molecule has 0 saturated heterocycles. The highest BCUT2D eigenvalue weighted by molar-refractivity contribution is 5.73. The molecule has 0 unspecified atom stereocenters. The van der Waals surface area contributed by atoms with E-state index in [1.807, 2.05) is 40.8 Å². The van der Waals surface area contributed by atoms with E-state index in [0.29, 0.717) is 6.54 Å². The number of alkyl halides is 3. The van der Waals surface area contributed by atoms with Crippen molar-refractivity contribution in [3.63, 3.8) is 0 Å². The van der Waals surface area contributed by atoms with Gasteiger partial charge in [0.2, 0.25) is 0 Å². The van der Waals surface area contributed by atoms with E-state index in [4.69, 9.17) is 9.90 Å². The molecule has 2 N–H and O–H groups in total. The molecule has 2 heterocycles. The number of aryl methyl sites for hydroxylation is 1. The highest BCUT2D eigenvalue weighted by atomic mass is 19.4. The lowest BCUT2D eigenvalue weighted by molar-refractivity contribution is -0.192. The lowest BCUT2D eigenvalue weighted by Crippen LogP contribution is -2.22. The quantitative estimate of drug-likeness (QED) is 0.634. The summed E-state index contributed by atoms with van der Waals surface area (Å²) in [5.74, 6) is -2.76. The Morgan fingerprint density at radius 2 is 1.74 bits per heavy atom. The molecule has 31 heavy (non-hydrogen) atoms. The Labute approximate surface area is 177 Å². The first kappa shape index (κ1) is 24.1. The van der Waals surface area contributed by atoms with Crippen molar-refractivity contribution >= 4 is 5.97 Å². The summed E-state index contributed by atoms with van der Waals surface area (Å²) in [7, 11) is 1.97. The van der Waals surface area contributed by atoms with Crippen molar-refractivity contribution in [1.82, 2.24) is 30.1 Å². The van der Waals surface area contributed by atoms with Crippen molar-refractivity contribution in [3.05, 3.63) is 54.0 Å². The van der Waals surface area contributed by atoms with Gasteiger partial charge in [0, 0.05) is 25.7 Å². The third-order valence-electron chi connectivity index (χ3n) is 4.13. The van der Waals surface area contributed by atoms with Crippen LogP contribution >= 0.6 is 0 Å². The van der Waals surface area contributed by atoms with Crippen LogP contribution in [0.25, 0.3) is 11.3 Å². The number of carboxylic acids is 1. The summed E-state index contributed by atoms with van der Waals surface area (Å²) in [6.45, 7) is 7.75. The van der Waals surface area contributed by atoms with Crippen molar-refractivity contribution in [3.8, 4) is 11.3 Å². The van der Waals surface area contributed by atoms with Gasteiger partial charge >= 0.3 is 12.1 Å². The molecule has 0 spiro atoms. The Balaban J connectivity index is 0.000000423. The summed E-state index contributed by atoms with van der Waals surface area (Å²) in [4.78, 5) is 8.90. The molecule has 3 rings (SSSR count). The lowest BCUT2D eigenvalue weighted by Gasteiger charge is -2.17. The second-order valence-corrected chi connectivity index (χ2v) is 7.74. The monoisotopic (exact) mass is 438 g/mol. The maximum Gasteiger partial charge on any atom is 0.490 e. The van der Waals surface area contributed by atoms with Gasteiger partial charge < -0.3 is 10.4 Å². The molecule has 0 bridgehead atoms. The molecule has 0 atom stereocenters. The maximum absolute atomic E-state index is 10.6. The number of halogens is 3. The number of aromatic nitrogens is 5. The van der Waals surface area contributed by atoms with Gasteiger partial charge in [-0.25, -0.2) is 9.48 Å². The zero-order chi connectivity index (χ0) is 23.2. The first-order valence-electron chi connectivity index (χ1n) is 9.39. The van der Waals surface area contributed by atoms with Gasteiger partial charge in [0.15, 0.2) is 0 Å². The molecule has 0 aliphatic carbocycles. The Morgan fingerprint density at radius 1 is 1.13 bits per heavy atom. The summed E-state index contributed by atoms with van der Waals surface area (Å²) in [5.41, 5.74) is 4.16. The molecule has 8 nitrogen and oxygen atoms in total. The fourth-order valence-electron chi connectivity index (χ4n) is 2.45. The Hall–Kier alpha value is -3.21. The molecular formula is C20H25F3N6O2. The van der Waals surface area contributed by atoms with E-state index in [1.165, 1.54) is 0 Å². The first-order valence-corrected chi connectivity index (χ1v) is 9.39. The highest BCUT2D eigenvalue weighted by Gasteiger charge is 2.38. The SMILES string of the molecule is Cn1nc(-c2ccccc2)cc1CNCc1cn(C(C)(C)C)nn1.O=C(O)C(F)(F)F. The third-order valence-corrected chi connectivity index (χ3v) is 4.13. The summed E-state index contributed by atoms with van der Waals surface area (Å²) in [5, 5.41) is 23.5. The van der Waals surface area contributed by atoms with Gasteiger partial charge in [0.05, 0.1) is 28.8 Å². The Morgan fingerprint density at radius 3 is 2.26 bits per heavy atom. The van der Waals surface area contributed by atoms with Crippen LogP contribution in [0.2, 0.25) is 0 Å². The average molecular weight is 438 g/mol. The fraction of sp³-hybridized carbons (Fsp3) is 0.400. The Bertz CT molecular complexity index is 991. The van der Waals surface area contributed by atoms with Crippen LogP contribution in [-0.2, 0) is 30.5 Å². The van der Waals surface area contributed by atoms with Crippen LogP contribution in [0.5, 0.6) is 0 Å². The summed E-state index contributed by atoms with van der Waals surface area (Å²) in [6.07, 6.45) is -3.09. The Kier molecular flexibility index (Phi) is 7.55. The molecule has 1 aromatic carbocycles. The van der Waals surface area contributed by atoms with Crippen LogP contribution in [-0.4, -0.2) is 42.0 Å². The number of benzene rings is 1. The van der Waals surface area contributed by atoms with Crippen molar-refractivity contribution in [2.24, 2.45) is 7.05 Å². The van der Waals surface area contributed by atoms with E-state index in [1.54, 1.807) is 0 Å². The fourth-order valence-corrected chi connectivity index (χ4v) is 2.45. The summed E-state index contributed by atoms with van der Waals surface area (Å²) < 4.78 is 35.5. The number of carbonyl (C=O) groups is 1. The van der Waals surface area contributed by atoms with Gasteiger partial charge in [-0.2, -0.15) is 18.3 Å². The summed E-state index contributed by atoms with van der Waals surface area (Å²) >= 11 is 0. The number of hydrogen-bond acceptors (Lipinski definition) is 5. The molecule has 3 aromatic rings. The van der Waals surface area contributed by atoms with Crippen LogP contribution in [0.1, 0.15) is 32.2 Å². The van der Waals surface area contributed by atoms with E-state index in [-0.39, 0.29) is 5.54 Å². The van der Waals surface area contributed by atoms with Crippen molar-refractivity contribution < 1.29 is 23.1 Å². The third kappa shape index (κ3) is 7.21. The second-order valence-electron chi connectivity index (χ2n) is 7.74. The maximum atomic E-state index is 10.6. The van der Waals surface area contributed by atoms with Crippen LogP contribution in [0.15, 0.2) is 42.6 Å². The lowest BCUT2D eigenvalue weighted by atomic mass is 10.1. The second kappa shape index (κ2) is 9.73. The number of carboxylic acid groups (broad SMARTS) is 1. The van der Waals surface area contributed by atoms with Gasteiger partial charge in [-0.3, -0.25) is 4.68 Å². The molecular weight excluding hydrogens is 413 g/mol. The number of nitrogens with one attached hydrogen (secondary N) is 1. The molecule has 0 saturated carbocycles. The minimum Gasteiger partial charge on any atom is -0.475 e. The van der Waals surface area contributed by atoms with Crippen LogP contribution in [0.3, 0.4) is 0 Å². The predicted octanol–water partition coefficient (Wildman–Crippen LogP) is 3.36. The zero-order valence-electron chi connectivity index (χ0n) is 17.7. The topological polar surface area (TPSA) is 97.9 Å². The minimum atomic E-state index is -5.08. The molecule has 0 radical (unpaired) electrons. The normalized spacial score (nSPS) is 11.7. The molecule has 11 heteroatoms. The van der Waals surface area contributed by atoms with Crippen molar-refractivity contribution in [2.45, 2.75) is 45.6 Å². The van der Waals surface area contributed by atoms with Crippen LogP contribution in [0, 0.1) is 0 Å². The largest absolute Gasteiger partial charge is 0.490 e. The molecule has 0 aliphatic heterocycles. The van der Waals surface area contributed by atoms with Gasteiger partial charge in [0.25, 0.3) is 0 Å².